The van der Waals surface area contributed by atoms with Gasteiger partial charge in [0.25, 0.3) is 0 Å². The molecule has 0 bridgehead atoms. The van der Waals surface area contributed by atoms with Gasteiger partial charge in [0, 0.05) is 25.4 Å². The van der Waals surface area contributed by atoms with E-state index in [2.05, 4.69) is 0 Å². The summed E-state index contributed by atoms with van der Waals surface area (Å²) in [6, 6.07) is 0. The average Bonchev–Trinajstić information content (AvgIpc) is 2.05. The van der Waals surface area contributed by atoms with Gasteiger partial charge in [0.2, 0.25) is 5.91 Å². The highest BCUT2D eigenvalue weighted by atomic mass is 16.2. The Hall–Kier alpha value is -0.990. The van der Waals surface area contributed by atoms with Crippen molar-refractivity contribution >= 4 is 5.91 Å². The maximum atomic E-state index is 11.1. The van der Waals surface area contributed by atoms with Crippen molar-refractivity contribution in [2.75, 3.05) is 7.05 Å². The first kappa shape index (κ1) is 10.0. The van der Waals surface area contributed by atoms with E-state index in [0.717, 1.165) is 12.1 Å². The summed E-state index contributed by atoms with van der Waals surface area (Å²) in [5, 5.41) is 0. The van der Waals surface area contributed by atoms with E-state index in [1.165, 1.54) is 6.20 Å². The van der Waals surface area contributed by atoms with Crippen LogP contribution in [0.2, 0.25) is 0 Å². The molecule has 0 aliphatic rings. The first-order chi connectivity index (χ1) is 5.17. The Bertz CT molecular complexity index is 163. The fourth-order valence-electron chi connectivity index (χ4n) is 0.864. The Balaban J connectivity index is 4.21. The van der Waals surface area contributed by atoms with E-state index in [1.54, 1.807) is 11.9 Å². The van der Waals surface area contributed by atoms with E-state index in [1.807, 2.05) is 13.8 Å². The summed E-state index contributed by atoms with van der Waals surface area (Å²) in [4.78, 5) is 12.7. The van der Waals surface area contributed by atoms with Crippen molar-refractivity contribution in [1.82, 2.24) is 4.90 Å². The molecular weight excluding hydrogens is 140 g/mol. The molecule has 3 nitrogen and oxygen atoms in total. The van der Waals surface area contributed by atoms with Crippen LogP contribution in [0, 0.1) is 0 Å². The van der Waals surface area contributed by atoms with E-state index in [0.29, 0.717) is 6.42 Å². The lowest BCUT2D eigenvalue weighted by molar-refractivity contribution is -0.127. The number of allylic oxidation sites excluding steroid dienone is 1. The molecule has 0 aromatic carbocycles. The van der Waals surface area contributed by atoms with E-state index < -0.39 is 0 Å². The molecule has 0 aliphatic carbocycles. The van der Waals surface area contributed by atoms with E-state index >= 15 is 0 Å². The van der Waals surface area contributed by atoms with Gasteiger partial charge in [-0.2, -0.15) is 0 Å². The maximum Gasteiger partial charge on any atom is 0.226 e. The van der Waals surface area contributed by atoms with Crippen LogP contribution < -0.4 is 5.73 Å². The highest BCUT2D eigenvalue weighted by molar-refractivity contribution is 5.77. The number of carbonyl (C=O) groups is 1. The monoisotopic (exact) mass is 156 g/mol. The zero-order valence-corrected chi connectivity index (χ0v) is 7.42. The molecule has 64 valence electrons. The second-order valence-corrected chi connectivity index (χ2v) is 2.32. The molecule has 0 spiro atoms. The van der Waals surface area contributed by atoms with Crippen LogP contribution in [0.25, 0.3) is 0 Å². The first-order valence-corrected chi connectivity index (χ1v) is 3.84. The Labute approximate surface area is 67.9 Å². The van der Waals surface area contributed by atoms with Gasteiger partial charge >= 0.3 is 0 Å². The summed E-state index contributed by atoms with van der Waals surface area (Å²) in [5.74, 6) is 0.101. The van der Waals surface area contributed by atoms with Gasteiger partial charge in [0.1, 0.15) is 0 Å². The van der Waals surface area contributed by atoms with Crippen molar-refractivity contribution in [3.63, 3.8) is 0 Å². The van der Waals surface area contributed by atoms with E-state index in [4.69, 9.17) is 5.73 Å². The molecule has 2 N–H and O–H groups in total. The van der Waals surface area contributed by atoms with Gasteiger partial charge in [-0.3, -0.25) is 4.79 Å². The topological polar surface area (TPSA) is 46.3 Å². The molecule has 0 atom stereocenters. The molecule has 0 aliphatic heterocycles. The van der Waals surface area contributed by atoms with Crippen LogP contribution in [0.4, 0.5) is 0 Å². The predicted octanol–water partition coefficient (Wildman–Crippen LogP) is 1.06. The zero-order valence-electron chi connectivity index (χ0n) is 7.42. The number of amides is 1. The van der Waals surface area contributed by atoms with Gasteiger partial charge < -0.3 is 10.6 Å². The van der Waals surface area contributed by atoms with Crippen LogP contribution in [0.1, 0.15) is 26.7 Å². The molecule has 3 heteroatoms. The second kappa shape index (κ2) is 4.77. The van der Waals surface area contributed by atoms with Crippen LogP contribution in [-0.2, 0) is 4.79 Å². The van der Waals surface area contributed by atoms with Gasteiger partial charge in [-0.25, -0.2) is 0 Å². The predicted molar refractivity (Wildman–Crippen MR) is 45.6 cm³/mol. The summed E-state index contributed by atoms with van der Waals surface area (Å²) in [6.07, 6.45) is 2.79. The van der Waals surface area contributed by atoms with Crippen LogP contribution in [0.15, 0.2) is 11.9 Å². The molecule has 0 heterocycles. The number of nitrogens with two attached hydrogens (primary N) is 1. The summed E-state index contributed by atoms with van der Waals surface area (Å²) in [6.45, 7) is 3.81. The number of carbonyl (C=O) groups excluding carboxylic acids is 1. The van der Waals surface area contributed by atoms with Crippen molar-refractivity contribution in [2.45, 2.75) is 26.7 Å². The van der Waals surface area contributed by atoms with Crippen LogP contribution in [0.3, 0.4) is 0 Å². The van der Waals surface area contributed by atoms with Gasteiger partial charge in [-0.15, -0.1) is 0 Å². The minimum atomic E-state index is 0.101. The van der Waals surface area contributed by atoms with Crippen molar-refractivity contribution in [1.29, 1.82) is 0 Å². The molecule has 0 unspecified atom stereocenters. The molecule has 0 radical (unpaired) electrons. The summed E-state index contributed by atoms with van der Waals surface area (Å²) >= 11 is 0. The normalized spacial score (nSPS) is 11.4. The molecular formula is C8H16N2O. The molecule has 0 saturated heterocycles. The smallest absolute Gasteiger partial charge is 0.226 e. The zero-order chi connectivity index (χ0) is 8.85. The third-order valence-corrected chi connectivity index (χ3v) is 1.66. The van der Waals surface area contributed by atoms with Crippen molar-refractivity contribution in [3.05, 3.63) is 11.9 Å². The number of nitrogens with zero attached hydrogens (tertiary/aromatic N) is 1. The Morgan fingerprint density at radius 2 is 2.00 bits per heavy atom. The van der Waals surface area contributed by atoms with Crippen LogP contribution in [-0.4, -0.2) is 17.9 Å². The summed E-state index contributed by atoms with van der Waals surface area (Å²) < 4.78 is 0. The molecule has 0 aromatic rings. The standard InChI is InChI=1S/C8H16N2O/c1-4-7(6-9)10(3)8(11)5-2/h6H,4-5,9H2,1-3H3/b7-6-. The lowest BCUT2D eigenvalue weighted by Gasteiger charge is -2.18. The Morgan fingerprint density at radius 3 is 2.27 bits per heavy atom. The fourth-order valence-corrected chi connectivity index (χ4v) is 0.864. The highest BCUT2D eigenvalue weighted by Gasteiger charge is 2.08. The molecule has 0 rings (SSSR count). The fraction of sp³-hybridized carbons (Fsp3) is 0.625. The average molecular weight is 156 g/mol. The lowest BCUT2D eigenvalue weighted by atomic mass is 10.3. The van der Waals surface area contributed by atoms with Gasteiger partial charge in [-0.05, 0) is 6.42 Å². The quantitative estimate of drug-likeness (QED) is 0.664. The van der Waals surface area contributed by atoms with Crippen LogP contribution >= 0.6 is 0 Å². The third-order valence-electron chi connectivity index (χ3n) is 1.66. The largest absolute Gasteiger partial charge is 0.403 e. The minimum Gasteiger partial charge on any atom is -0.403 e. The molecule has 1 amide bonds. The summed E-state index contributed by atoms with van der Waals surface area (Å²) in [5.41, 5.74) is 6.19. The number of hydrogen-bond acceptors (Lipinski definition) is 2. The minimum absolute atomic E-state index is 0.101. The van der Waals surface area contributed by atoms with Gasteiger partial charge in [0.15, 0.2) is 0 Å². The van der Waals surface area contributed by atoms with Crippen molar-refractivity contribution < 1.29 is 4.79 Å². The first-order valence-electron chi connectivity index (χ1n) is 3.84. The lowest BCUT2D eigenvalue weighted by Crippen LogP contribution is -2.25. The van der Waals surface area contributed by atoms with E-state index in [9.17, 15) is 4.79 Å². The number of rotatable bonds is 3. The van der Waals surface area contributed by atoms with Crippen molar-refractivity contribution in [3.8, 4) is 0 Å². The molecule has 0 aromatic heterocycles. The van der Waals surface area contributed by atoms with Gasteiger partial charge in [0.05, 0.1) is 0 Å². The van der Waals surface area contributed by atoms with Crippen LogP contribution in [0.5, 0.6) is 0 Å². The highest BCUT2D eigenvalue weighted by Crippen LogP contribution is 2.05. The Kier molecular flexibility index (Phi) is 4.34. The SMILES string of the molecule is CCC(=O)N(C)/C(=C\N)CC. The molecule has 11 heavy (non-hydrogen) atoms. The molecule has 0 fully saturated rings. The van der Waals surface area contributed by atoms with Crippen molar-refractivity contribution in [2.24, 2.45) is 5.73 Å². The third kappa shape index (κ3) is 2.62. The number of hydrogen-bond donors (Lipinski definition) is 1. The maximum absolute atomic E-state index is 11.1. The second-order valence-electron chi connectivity index (χ2n) is 2.32. The van der Waals surface area contributed by atoms with Gasteiger partial charge in [-0.1, -0.05) is 13.8 Å². The summed E-state index contributed by atoms with van der Waals surface area (Å²) in [7, 11) is 1.74. The molecule has 0 saturated carbocycles. The van der Waals surface area contributed by atoms with E-state index in [-0.39, 0.29) is 5.91 Å². The Morgan fingerprint density at radius 1 is 1.45 bits per heavy atom.